The van der Waals surface area contributed by atoms with E-state index in [0.717, 1.165) is 5.69 Å². The van der Waals surface area contributed by atoms with Crippen molar-refractivity contribution in [2.75, 3.05) is 6.54 Å². The molecule has 2 unspecified atom stereocenters. The number of hydrogen-bond acceptors (Lipinski definition) is 4. The largest absolute Gasteiger partial charge is 0.353 e. The summed E-state index contributed by atoms with van der Waals surface area (Å²) in [7, 11) is 0. The summed E-state index contributed by atoms with van der Waals surface area (Å²) >= 11 is 0. The Balaban J connectivity index is 2.11. The summed E-state index contributed by atoms with van der Waals surface area (Å²) in [6.45, 7) is 2.40. The van der Waals surface area contributed by atoms with Gasteiger partial charge in [0.25, 0.3) is 0 Å². The zero-order valence-electron chi connectivity index (χ0n) is 7.90. The first-order valence-electron chi connectivity index (χ1n) is 4.57. The minimum atomic E-state index is -0.171. The molecule has 0 saturated carbocycles. The van der Waals surface area contributed by atoms with Crippen LogP contribution in [-0.2, 0) is 4.79 Å². The van der Waals surface area contributed by atoms with Crippen LogP contribution in [0, 0.1) is 0 Å². The molecular weight excluding hydrogens is 180 g/mol. The first-order valence-corrected chi connectivity index (χ1v) is 4.57. The molecule has 0 aliphatic carbocycles. The van der Waals surface area contributed by atoms with Crippen LogP contribution in [-0.4, -0.2) is 28.5 Å². The molecule has 0 bridgehead atoms. The number of amides is 1. The summed E-state index contributed by atoms with van der Waals surface area (Å²) in [6.07, 6.45) is 4.99. The van der Waals surface area contributed by atoms with E-state index in [0.29, 0.717) is 6.54 Å². The van der Waals surface area contributed by atoms with Gasteiger partial charge in [-0.3, -0.25) is 20.1 Å². The first-order chi connectivity index (χ1) is 6.77. The number of aromatic nitrogens is 2. The van der Waals surface area contributed by atoms with Crippen LogP contribution in [0.1, 0.15) is 18.7 Å². The van der Waals surface area contributed by atoms with Crippen molar-refractivity contribution in [3.8, 4) is 0 Å². The van der Waals surface area contributed by atoms with Crippen molar-refractivity contribution in [1.82, 2.24) is 20.6 Å². The maximum absolute atomic E-state index is 11.2. The van der Waals surface area contributed by atoms with Gasteiger partial charge in [0.05, 0.1) is 24.0 Å². The van der Waals surface area contributed by atoms with Crippen molar-refractivity contribution < 1.29 is 4.79 Å². The molecule has 2 N–H and O–H groups in total. The third-order valence-corrected chi connectivity index (χ3v) is 2.27. The maximum atomic E-state index is 11.2. The topological polar surface area (TPSA) is 66.9 Å². The lowest BCUT2D eigenvalue weighted by Gasteiger charge is -2.28. The summed E-state index contributed by atoms with van der Waals surface area (Å²) < 4.78 is 0. The number of carbonyl (C=O) groups excluding carboxylic acids is 1. The number of nitrogens with one attached hydrogen (secondary N) is 2. The van der Waals surface area contributed by atoms with Crippen LogP contribution in [0.4, 0.5) is 0 Å². The van der Waals surface area contributed by atoms with Crippen LogP contribution in [0.25, 0.3) is 0 Å². The molecule has 14 heavy (non-hydrogen) atoms. The van der Waals surface area contributed by atoms with Gasteiger partial charge in [0, 0.05) is 18.9 Å². The highest BCUT2D eigenvalue weighted by Crippen LogP contribution is 2.11. The zero-order valence-corrected chi connectivity index (χ0v) is 7.90. The van der Waals surface area contributed by atoms with Gasteiger partial charge in [0.15, 0.2) is 0 Å². The van der Waals surface area contributed by atoms with Crippen molar-refractivity contribution in [3.63, 3.8) is 0 Å². The zero-order chi connectivity index (χ0) is 9.97. The molecule has 1 fully saturated rings. The monoisotopic (exact) mass is 192 g/mol. The predicted octanol–water partition coefficient (Wildman–Crippen LogP) is -0.374. The van der Waals surface area contributed by atoms with Crippen LogP contribution in [0.3, 0.4) is 0 Å². The third kappa shape index (κ3) is 1.72. The highest BCUT2D eigenvalue weighted by atomic mass is 16.2. The highest BCUT2D eigenvalue weighted by Gasteiger charge is 2.25. The van der Waals surface area contributed by atoms with Crippen LogP contribution in [0.15, 0.2) is 18.6 Å². The van der Waals surface area contributed by atoms with Crippen molar-refractivity contribution in [2.45, 2.75) is 19.0 Å². The van der Waals surface area contributed by atoms with Crippen molar-refractivity contribution in [1.29, 1.82) is 0 Å². The number of hydrogen-bond donors (Lipinski definition) is 2. The molecule has 1 amide bonds. The lowest BCUT2D eigenvalue weighted by molar-refractivity contribution is -0.124. The molecule has 1 aliphatic rings. The van der Waals surface area contributed by atoms with Crippen molar-refractivity contribution in [3.05, 3.63) is 24.3 Å². The van der Waals surface area contributed by atoms with E-state index in [4.69, 9.17) is 0 Å². The summed E-state index contributed by atoms with van der Waals surface area (Å²) in [5.41, 5.74) is 0.861. The van der Waals surface area contributed by atoms with E-state index in [9.17, 15) is 4.79 Å². The van der Waals surface area contributed by atoms with Gasteiger partial charge in [-0.25, -0.2) is 0 Å². The molecule has 2 atom stereocenters. The van der Waals surface area contributed by atoms with Gasteiger partial charge in [0.1, 0.15) is 0 Å². The number of carbonyl (C=O) groups is 1. The average Bonchev–Trinajstić information content (AvgIpc) is 2.23. The minimum absolute atomic E-state index is 0.0325. The Labute approximate surface area is 82.0 Å². The van der Waals surface area contributed by atoms with Crippen molar-refractivity contribution in [2.24, 2.45) is 0 Å². The molecule has 5 heteroatoms. The van der Waals surface area contributed by atoms with E-state index in [1.165, 1.54) is 0 Å². The minimum Gasteiger partial charge on any atom is -0.353 e. The average molecular weight is 192 g/mol. The van der Waals surface area contributed by atoms with E-state index in [1.807, 2.05) is 6.92 Å². The quantitative estimate of drug-likeness (QED) is 0.637. The number of rotatable bonds is 1. The lowest BCUT2D eigenvalue weighted by Crippen LogP contribution is -2.53. The Morgan fingerprint density at radius 3 is 3.00 bits per heavy atom. The molecule has 1 aliphatic heterocycles. The Morgan fingerprint density at radius 2 is 2.36 bits per heavy atom. The van der Waals surface area contributed by atoms with E-state index >= 15 is 0 Å². The second-order valence-corrected chi connectivity index (χ2v) is 3.32. The van der Waals surface area contributed by atoms with Gasteiger partial charge >= 0.3 is 0 Å². The van der Waals surface area contributed by atoms with Gasteiger partial charge in [0.2, 0.25) is 5.91 Å². The Kier molecular flexibility index (Phi) is 2.41. The molecule has 0 radical (unpaired) electrons. The molecule has 1 saturated heterocycles. The molecule has 1 aromatic rings. The molecule has 74 valence electrons. The Morgan fingerprint density at radius 1 is 1.50 bits per heavy atom. The first kappa shape index (κ1) is 9.08. The molecule has 2 heterocycles. The van der Waals surface area contributed by atoms with Gasteiger partial charge in [-0.15, -0.1) is 0 Å². The fourth-order valence-electron chi connectivity index (χ4n) is 1.47. The summed E-state index contributed by atoms with van der Waals surface area (Å²) in [5.74, 6) is 0.0325. The van der Waals surface area contributed by atoms with Crippen LogP contribution in [0.5, 0.6) is 0 Å². The Hall–Kier alpha value is -1.49. The molecule has 5 nitrogen and oxygen atoms in total. The van der Waals surface area contributed by atoms with Crippen LogP contribution in [0.2, 0.25) is 0 Å². The summed E-state index contributed by atoms with van der Waals surface area (Å²) in [5, 5.41) is 5.98. The van der Waals surface area contributed by atoms with Crippen LogP contribution < -0.4 is 10.6 Å². The molecule has 1 aromatic heterocycles. The Bertz CT molecular complexity index is 327. The van der Waals surface area contributed by atoms with Crippen LogP contribution >= 0.6 is 0 Å². The standard InChI is InChI=1S/C9H12N4O/c1-6-9(14)12-5-8(13-6)7-4-10-2-3-11-7/h2-4,6,8,13H,5H2,1H3,(H,12,14). The molecule has 2 rings (SSSR count). The van der Waals surface area contributed by atoms with E-state index in [-0.39, 0.29) is 18.0 Å². The third-order valence-electron chi connectivity index (χ3n) is 2.27. The SMILES string of the molecule is CC1NC(c2cnccn2)CNC1=O. The van der Waals surface area contributed by atoms with Gasteiger partial charge in [-0.2, -0.15) is 0 Å². The smallest absolute Gasteiger partial charge is 0.236 e. The van der Waals surface area contributed by atoms with Gasteiger partial charge < -0.3 is 5.32 Å². The second-order valence-electron chi connectivity index (χ2n) is 3.32. The van der Waals surface area contributed by atoms with Crippen molar-refractivity contribution >= 4 is 5.91 Å². The predicted molar refractivity (Wildman–Crippen MR) is 50.4 cm³/mol. The lowest BCUT2D eigenvalue weighted by atomic mass is 10.1. The fraction of sp³-hybridized carbons (Fsp3) is 0.444. The van der Waals surface area contributed by atoms with E-state index in [2.05, 4.69) is 20.6 Å². The highest BCUT2D eigenvalue weighted by molar-refractivity contribution is 5.82. The normalized spacial score (nSPS) is 27.1. The molecular formula is C9H12N4O. The molecule has 0 spiro atoms. The fourth-order valence-corrected chi connectivity index (χ4v) is 1.47. The van der Waals surface area contributed by atoms with Gasteiger partial charge in [-0.05, 0) is 6.92 Å². The summed E-state index contributed by atoms with van der Waals surface area (Å²) in [6, 6.07) is -0.104. The van der Waals surface area contributed by atoms with E-state index < -0.39 is 0 Å². The maximum Gasteiger partial charge on any atom is 0.236 e. The second kappa shape index (κ2) is 3.71. The molecule has 0 aromatic carbocycles. The number of piperazine rings is 1. The van der Waals surface area contributed by atoms with Gasteiger partial charge in [-0.1, -0.05) is 0 Å². The summed E-state index contributed by atoms with van der Waals surface area (Å²) in [4.78, 5) is 19.3. The number of nitrogens with zero attached hydrogens (tertiary/aromatic N) is 2. The van der Waals surface area contributed by atoms with E-state index in [1.54, 1.807) is 18.6 Å².